The molecule has 26 heavy (non-hydrogen) atoms. The molecule has 132 valence electrons. The molecule has 0 saturated carbocycles. The number of hydrogen-bond acceptors (Lipinski definition) is 7. The minimum atomic E-state index is -0.295. The van der Waals surface area contributed by atoms with E-state index in [-0.39, 0.29) is 5.82 Å². The normalized spacial score (nSPS) is 11.2. The maximum absolute atomic E-state index is 13.0. The van der Waals surface area contributed by atoms with Gasteiger partial charge >= 0.3 is 0 Å². The van der Waals surface area contributed by atoms with Crippen LogP contribution >= 0.6 is 0 Å². The number of benzene rings is 1. The largest absolute Gasteiger partial charge is 0.370 e. The Balaban J connectivity index is 1.35. The molecule has 8 nitrogen and oxygen atoms in total. The summed E-state index contributed by atoms with van der Waals surface area (Å²) < 4.78 is 19.9. The third-order valence-electron chi connectivity index (χ3n) is 3.82. The SMILES string of the molecule is Cc1cc(NCCCc2nc(-c3ccc(F)cc3)no2)n2ncnc2n1. The molecule has 0 unspecified atom stereocenters. The van der Waals surface area contributed by atoms with Crippen LogP contribution in [-0.2, 0) is 6.42 Å². The zero-order valence-corrected chi connectivity index (χ0v) is 14.1. The number of hydrogen-bond donors (Lipinski definition) is 1. The van der Waals surface area contributed by atoms with Gasteiger partial charge in [0.05, 0.1) is 0 Å². The predicted octanol–water partition coefficient (Wildman–Crippen LogP) is 2.67. The van der Waals surface area contributed by atoms with Gasteiger partial charge in [-0.05, 0) is 37.6 Å². The van der Waals surface area contributed by atoms with Crippen molar-refractivity contribution in [3.05, 3.63) is 54.1 Å². The first-order chi connectivity index (χ1) is 12.7. The molecule has 0 radical (unpaired) electrons. The van der Waals surface area contributed by atoms with Gasteiger partial charge in [-0.15, -0.1) is 0 Å². The second-order valence-corrected chi connectivity index (χ2v) is 5.80. The summed E-state index contributed by atoms with van der Waals surface area (Å²) >= 11 is 0. The molecule has 0 bridgehead atoms. The molecule has 3 aromatic heterocycles. The van der Waals surface area contributed by atoms with Crippen molar-refractivity contribution in [3.8, 4) is 11.4 Å². The fourth-order valence-electron chi connectivity index (χ4n) is 2.59. The lowest BCUT2D eigenvalue weighted by molar-refractivity contribution is 0.377. The highest BCUT2D eigenvalue weighted by molar-refractivity contribution is 5.53. The highest BCUT2D eigenvalue weighted by atomic mass is 19.1. The van der Waals surface area contributed by atoms with Gasteiger partial charge in [0.25, 0.3) is 5.78 Å². The summed E-state index contributed by atoms with van der Waals surface area (Å²) in [6, 6.07) is 7.91. The number of nitrogens with one attached hydrogen (secondary N) is 1. The van der Waals surface area contributed by atoms with Crippen molar-refractivity contribution in [1.29, 1.82) is 0 Å². The van der Waals surface area contributed by atoms with Gasteiger partial charge < -0.3 is 9.84 Å². The summed E-state index contributed by atoms with van der Waals surface area (Å²) in [5, 5.41) is 11.4. The minimum Gasteiger partial charge on any atom is -0.370 e. The van der Waals surface area contributed by atoms with Crippen LogP contribution in [-0.4, -0.2) is 36.3 Å². The molecule has 1 aromatic carbocycles. The number of anilines is 1. The second-order valence-electron chi connectivity index (χ2n) is 5.80. The summed E-state index contributed by atoms with van der Waals surface area (Å²) in [6.07, 6.45) is 2.90. The van der Waals surface area contributed by atoms with Gasteiger partial charge in [-0.3, -0.25) is 0 Å². The first-order valence-electron chi connectivity index (χ1n) is 8.19. The number of rotatable bonds is 6. The second kappa shape index (κ2) is 6.87. The Bertz CT molecular complexity index is 1030. The van der Waals surface area contributed by atoms with Crippen LogP contribution in [0.5, 0.6) is 0 Å². The molecule has 0 atom stereocenters. The topological polar surface area (TPSA) is 94.0 Å². The lowest BCUT2D eigenvalue weighted by Gasteiger charge is -2.07. The number of halogens is 1. The molecule has 9 heteroatoms. The van der Waals surface area contributed by atoms with Gasteiger partial charge in [-0.2, -0.15) is 19.6 Å². The first-order valence-corrected chi connectivity index (χ1v) is 8.19. The van der Waals surface area contributed by atoms with Crippen molar-refractivity contribution in [2.45, 2.75) is 19.8 Å². The Morgan fingerprint density at radius 3 is 2.88 bits per heavy atom. The van der Waals surface area contributed by atoms with Crippen molar-refractivity contribution in [1.82, 2.24) is 29.7 Å². The molecule has 0 fully saturated rings. The van der Waals surface area contributed by atoms with Crippen molar-refractivity contribution in [3.63, 3.8) is 0 Å². The lowest BCUT2D eigenvalue weighted by Crippen LogP contribution is -2.09. The average Bonchev–Trinajstić information content (AvgIpc) is 3.28. The van der Waals surface area contributed by atoms with Gasteiger partial charge in [0.15, 0.2) is 0 Å². The standard InChI is InChI=1S/C17H16FN7O/c1-11-9-14(25-17(22-11)20-10-21-25)19-8-2-3-15-23-16(24-26-15)12-4-6-13(18)7-5-12/h4-7,9-10,19H,2-3,8H2,1H3. The summed E-state index contributed by atoms with van der Waals surface area (Å²) in [5.41, 5.74) is 1.59. The van der Waals surface area contributed by atoms with Gasteiger partial charge in [-0.25, -0.2) is 9.37 Å². The van der Waals surface area contributed by atoms with E-state index in [1.807, 2.05) is 13.0 Å². The summed E-state index contributed by atoms with van der Waals surface area (Å²) in [4.78, 5) is 12.7. The highest BCUT2D eigenvalue weighted by Crippen LogP contribution is 2.17. The molecule has 0 aliphatic rings. The van der Waals surface area contributed by atoms with Crippen LogP contribution in [0, 0.1) is 12.7 Å². The number of fused-ring (bicyclic) bond motifs is 1. The quantitative estimate of drug-likeness (QED) is 0.533. The van der Waals surface area contributed by atoms with E-state index in [4.69, 9.17) is 4.52 Å². The zero-order chi connectivity index (χ0) is 17.9. The molecule has 0 aliphatic carbocycles. The minimum absolute atomic E-state index is 0.295. The maximum Gasteiger partial charge on any atom is 0.254 e. The van der Waals surface area contributed by atoms with Crippen molar-refractivity contribution >= 4 is 11.6 Å². The van der Waals surface area contributed by atoms with Crippen LogP contribution < -0.4 is 5.32 Å². The summed E-state index contributed by atoms with van der Waals surface area (Å²) in [5.74, 6) is 2.11. The Kier molecular flexibility index (Phi) is 4.26. The molecule has 0 spiro atoms. The molecule has 4 rings (SSSR count). The van der Waals surface area contributed by atoms with E-state index in [1.54, 1.807) is 16.6 Å². The van der Waals surface area contributed by atoms with Gasteiger partial charge in [0.2, 0.25) is 11.7 Å². The number of aryl methyl sites for hydroxylation is 2. The molecule has 0 amide bonds. The van der Waals surface area contributed by atoms with E-state index in [0.29, 0.717) is 30.5 Å². The zero-order valence-electron chi connectivity index (χ0n) is 14.1. The Labute approximate surface area is 148 Å². The van der Waals surface area contributed by atoms with Crippen LogP contribution in [0.2, 0.25) is 0 Å². The van der Waals surface area contributed by atoms with Crippen LogP contribution in [0.15, 0.2) is 41.2 Å². The smallest absolute Gasteiger partial charge is 0.254 e. The Hall–Kier alpha value is -3.36. The van der Waals surface area contributed by atoms with E-state index in [2.05, 4.69) is 30.5 Å². The fourth-order valence-corrected chi connectivity index (χ4v) is 2.59. The van der Waals surface area contributed by atoms with Crippen molar-refractivity contribution in [2.24, 2.45) is 0 Å². The van der Waals surface area contributed by atoms with E-state index < -0.39 is 0 Å². The average molecular weight is 353 g/mol. The molecule has 4 aromatic rings. The molecule has 0 saturated heterocycles. The van der Waals surface area contributed by atoms with E-state index in [1.165, 1.54) is 18.5 Å². The van der Waals surface area contributed by atoms with Gasteiger partial charge in [0.1, 0.15) is 18.0 Å². The van der Waals surface area contributed by atoms with Gasteiger partial charge in [0, 0.05) is 30.3 Å². The number of aromatic nitrogens is 6. The van der Waals surface area contributed by atoms with Gasteiger partial charge in [-0.1, -0.05) is 5.16 Å². The third kappa shape index (κ3) is 3.37. The Morgan fingerprint density at radius 1 is 1.19 bits per heavy atom. The van der Waals surface area contributed by atoms with E-state index in [0.717, 1.165) is 23.5 Å². The molecular formula is C17H16FN7O. The fraction of sp³-hybridized carbons (Fsp3) is 0.235. The van der Waals surface area contributed by atoms with Crippen LogP contribution in [0.3, 0.4) is 0 Å². The van der Waals surface area contributed by atoms with E-state index >= 15 is 0 Å². The summed E-state index contributed by atoms with van der Waals surface area (Å²) in [6.45, 7) is 2.61. The number of nitrogens with zero attached hydrogens (tertiary/aromatic N) is 6. The molecule has 3 heterocycles. The molecular weight excluding hydrogens is 337 g/mol. The van der Waals surface area contributed by atoms with Crippen LogP contribution in [0.25, 0.3) is 17.2 Å². The Morgan fingerprint density at radius 2 is 2.04 bits per heavy atom. The summed E-state index contributed by atoms with van der Waals surface area (Å²) in [7, 11) is 0. The van der Waals surface area contributed by atoms with E-state index in [9.17, 15) is 4.39 Å². The van der Waals surface area contributed by atoms with Crippen molar-refractivity contribution < 1.29 is 8.91 Å². The third-order valence-corrected chi connectivity index (χ3v) is 3.82. The van der Waals surface area contributed by atoms with Crippen LogP contribution in [0.4, 0.5) is 10.2 Å². The molecule has 1 N–H and O–H groups in total. The lowest BCUT2D eigenvalue weighted by atomic mass is 10.2. The predicted molar refractivity (Wildman–Crippen MR) is 92.0 cm³/mol. The molecule has 0 aliphatic heterocycles. The monoisotopic (exact) mass is 353 g/mol. The maximum atomic E-state index is 13.0. The highest BCUT2D eigenvalue weighted by Gasteiger charge is 2.09. The first kappa shape index (κ1) is 16.1. The van der Waals surface area contributed by atoms with Crippen molar-refractivity contribution in [2.75, 3.05) is 11.9 Å². The van der Waals surface area contributed by atoms with Crippen LogP contribution in [0.1, 0.15) is 18.0 Å².